The number of benzene rings is 2. The maximum atomic E-state index is 13.2. The minimum absolute atomic E-state index is 0.0190. The molecule has 0 radical (unpaired) electrons. The van der Waals surface area contributed by atoms with Crippen molar-refractivity contribution in [1.29, 1.82) is 0 Å². The van der Waals surface area contributed by atoms with E-state index in [9.17, 15) is 13.2 Å². The largest absolute Gasteiger partial charge is 0.330 e. The van der Waals surface area contributed by atoms with Gasteiger partial charge in [-0.1, -0.05) is 41.9 Å². The number of hydrogen-bond acceptors (Lipinski definition) is 3. The van der Waals surface area contributed by atoms with Crippen LogP contribution in [0.1, 0.15) is 27.9 Å². The molecule has 1 amide bonds. The third kappa shape index (κ3) is 4.22. The van der Waals surface area contributed by atoms with Crippen molar-refractivity contribution >= 4 is 27.3 Å². The molecule has 0 aliphatic carbocycles. The summed E-state index contributed by atoms with van der Waals surface area (Å²) in [7, 11) is -3.09. The molecule has 6 heteroatoms. The number of rotatable bonds is 4. The highest BCUT2D eigenvalue weighted by atomic mass is 35.5. The fourth-order valence-corrected chi connectivity index (χ4v) is 5.13. The lowest BCUT2D eigenvalue weighted by Gasteiger charge is -2.29. The van der Waals surface area contributed by atoms with Crippen molar-refractivity contribution < 1.29 is 13.2 Å². The van der Waals surface area contributed by atoms with Crippen LogP contribution < -0.4 is 0 Å². The van der Waals surface area contributed by atoms with E-state index >= 15 is 0 Å². The monoisotopic (exact) mass is 377 g/mol. The maximum absolute atomic E-state index is 13.2. The van der Waals surface area contributed by atoms with Crippen molar-refractivity contribution in [3.05, 3.63) is 70.2 Å². The molecule has 1 saturated heterocycles. The van der Waals surface area contributed by atoms with Crippen LogP contribution in [0.4, 0.5) is 0 Å². The zero-order valence-corrected chi connectivity index (χ0v) is 15.6. The van der Waals surface area contributed by atoms with E-state index in [0.717, 1.165) is 11.1 Å². The average Bonchev–Trinajstić information content (AvgIpc) is 2.92. The van der Waals surface area contributed by atoms with Crippen molar-refractivity contribution in [2.45, 2.75) is 25.9 Å². The number of carbonyl (C=O) groups excluding carboxylic acids is 1. The maximum Gasteiger partial charge on any atom is 0.254 e. The Labute approximate surface area is 153 Å². The molecule has 0 aromatic heterocycles. The zero-order valence-electron chi connectivity index (χ0n) is 14.0. The van der Waals surface area contributed by atoms with Crippen molar-refractivity contribution in [3.8, 4) is 0 Å². The average molecular weight is 378 g/mol. The predicted octanol–water partition coefficient (Wildman–Crippen LogP) is 3.48. The molecule has 0 N–H and O–H groups in total. The zero-order chi connectivity index (χ0) is 18.0. The first-order valence-electron chi connectivity index (χ1n) is 8.17. The Morgan fingerprint density at radius 2 is 1.96 bits per heavy atom. The highest BCUT2D eigenvalue weighted by molar-refractivity contribution is 7.91. The fourth-order valence-electron chi connectivity index (χ4n) is 3.19. The first-order valence-corrected chi connectivity index (χ1v) is 10.4. The highest BCUT2D eigenvalue weighted by Gasteiger charge is 2.35. The number of sulfone groups is 1. The summed E-state index contributed by atoms with van der Waals surface area (Å²) >= 11 is 6.06. The van der Waals surface area contributed by atoms with E-state index in [-0.39, 0.29) is 23.5 Å². The summed E-state index contributed by atoms with van der Waals surface area (Å²) < 4.78 is 23.8. The molecule has 1 fully saturated rings. The molecule has 4 nitrogen and oxygen atoms in total. The van der Waals surface area contributed by atoms with Crippen LogP contribution >= 0.6 is 11.6 Å². The Morgan fingerprint density at radius 3 is 2.60 bits per heavy atom. The summed E-state index contributed by atoms with van der Waals surface area (Å²) in [5.41, 5.74) is 2.37. The van der Waals surface area contributed by atoms with Crippen LogP contribution in [0.15, 0.2) is 48.5 Å². The molecule has 132 valence electrons. The standard InChI is InChI=1S/C19H20ClNO3S/c1-14-5-2-3-8-18(14)19(22)21(17-9-10-25(23,24)13-17)12-15-6-4-7-16(20)11-15/h2-8,11,17H,9-10,12-13H2,1H3/t17-/m0/s1. The lowest BCUT2D eigenvalue weighted by molar-refractivity contribution is 0.0680. The Kier molecular flexibility index (Phi) is 5.16. The van der Waals surface area contributed by atoms with Crippen molar-refractivity contribution in [3.63, 3.8) is 0 Å². The molecule has 2 aromatic carbocycles. The van der Waals surface area contributed by atoms with Gasteiger partial charge in [-0.3, -0.25) is 4.79 Å². The van der Waals surface area contributed by atoms with Gasteiger partial charge < -0.3 is 4.90 Å². The summed E-state index contributed by atoms with van der Waals surface area (Å²) in [6.45, 7) is 2.23. The van der Waals surface area contributed by atoms with Gasteiger partial charge in [0.2, 0.25) is 0 Å². The number of hydrogen-bond donors (Lipinski definition) is 0. The van der Waals surface area contributed by atoms with Crippen LogP contribution in [0.2, 0.25) is 5.02 Å². The van der Waals surface area contributed by atoms with Crippen molar-refractivity contribution in [1.82, 2.24) is 4.90 Å². The van der Waals surface area contributed by atoms with Gasteiger partial charge in [0.15, 0.2) is 9.84 Å². The molecule has 2 aromatic rings. The lowest BCUT2D eigenvalue weighted by Crippen LogP contribution is -2.40. The molecule has 0 spiro atoms. The van der Waals surface area contributed by atoms with Crippen molar-refractivity contribution in [2.75, 3.05) is 11.5 Å². The van der Waals surface area contributed by atoms with E-state index in [1.165, 1.54) is 0 Å². The number of amides is 1. The summed E-state index contributed by atoms with van der Waals surface area (Å²) in [5, 5.41) is 0.597. The van der Waals surface area contributed by atoms with E-state index in [1.54, 1.807) is 17.0 Å². The second kappa shape index (κ2) is 7.18. The second-order valence-electron chi connectivity index (χ2n) is 6.43. The third-order valence-corrected chi connectivity index (χ3v) is 6.51. The first kappa shape index (κ1) is 18.0. The summed E-state index contributed by atoms with van der Waals surface area (Å²) in [6, 6.07) is 14.4. The normalized spacial score (nSPS) is 18.9. The van der Waals surface area contributed by atoms with E-state index in [4.69, 9.17) is 11.6 Å². The van der Waals surface area contributed by atoms with Gasteiger partial charge in [0, 0.05) is 23.2 Å². The van der Waals surface area contributed by atoms with Gasteiger partial charge in [-0.2, -0.15) is 0 Å². The fraction of sp³-hybridized carbons (Fsp3) is 0.316. The predicted molar refractivity (Wildman–Crippen MR) is 99.6 cm³/mol. The van der Waals surface area contributed by atoms with Gasteiger partial charge in [0.05, 0.1) is 11.5 Å². The van der Waals surface area contributed by atoms with Crippen molar-refractivity contribution in [2.24, 2.45) is 0 Å². The van der Waals surface area contributed by atoms with E-state index in [2.05, 4.69) is 0 Å². The summed E-state index contributed by atoms with van der Waals surface area (Å²) in [6.07, 6.45) is 0.473. The number of carbonyl (C=O) groups is 1. The Morgan fingerprint density at radius 1 is 1.20 bits per heavy atom. The topological polar surface area (TPSA) is 54.5 Å². The quantitative estimate of drug-likeness (QED) is 0.819. The first-order chi connectivity index (χ1) is 11.9. The van der Waals surface area contributed by atoms with Crippen LogP contribution in [0.3, 0.4) is 0 Å². The summed E-state index contributed by atoms with van der Waals surface area (Å²) in [5.74, 6) is 0.0100. The van der Waals surface area contributed by atoms with Crippen LogP contribution in [-0.2, 0) is 16.4 Å². The minimum Gasteiger partial charge on any atom is -0.330 e. The molecular formula is C19H20ClNO3S. The minimum atomic E-state index is -3.09. The molecule has 0 saturated carbocycles. The molecular weight excluding hydrogens is 358 g/mol. The Bertz CT molecular complexity index is 895. The number of aryl methyl sites for hydroxylation is 1. The molecule has 1 atom stereocenters. The second-order valence-corrected chi connectivity index (χ2v) is 9.10. The van der Waals surface area contributed by atoms with Crippen LogP contribution in [0, 0.1) is 6.92 Å². The lowest BCUT2D eigenvalue weighted by atomic mass is 10.1. The Balaban J connectivity index is 1.94. The molecule has 1 heterocycles. The highest BCUT2D eigenvalue weighted by Crippen LogP contribution is 2.24. The van der Waals surface area contributed by atoms with Gasteiger partial charge in [0.1, 0.15) is 0 Å². The van der Waals surface area contributed by atoms with Gasteiger partial charge in [-0.15, -0.1) is 0 Å². The van der Waals surface area contributed by atoms with E-state index in [0.29, 0.717) is 23.6 Å². The van der Waals surface area contributed by atoms with Gasteiger partial charge in [0.25, 0.3) is 5.91 Å². The Hall–Kier alpha value is -1.85. The van der Waals surface area contributed by atoms with Crippen LogP contribution in [0.5, 0.6) is 0 Å². The van der Waals surface area contributed by atoms with E-state index in [1.807, 2.05) is 43.3 Å². The SMILES string of the molecule is Cc1ccccc1C(=O)N(Cc1cccc(Cl)c1)[C@H]1CCS(=O)(=O)C1. The molecule has 0 bridgehead atoms. The molecule has 3 rings (SSSR count). The smallest absolute Gasteiger partial charge is 0.254 e. The molecule has 1 aliphatic rings. The van der Waals surface area contributed by atoms with E-state index < -0.39 is 9.84 Å². The van der Waals surface area contributed by atoms with Gasteiger partial charge >= 0.3 is 0 Å². The number of halogens is 1. The van der Waals surface area contributed by atoms with Gasteiger partial charge in [-0.25, -0.2) is 8.42 Å². The molecule has 0 unspecified atom stereocenters. The van der Waals surface area contributed by atoms with Gasteiger partial charge in [-0.05, 0) is 42.7 Å². The molecule has 1 aliphatic heterocycles. The van der Waals surface area contributed by atoms with Crippen LogP contribution in [-0.4, -0.2) is 36.8 Å². The molecule has 25 heavy (non-hydrogen) atoms. The third-order valence-electron chi connectivity index (χ3n) is 4.53. The summed E-state index contributed by atoms with van der Waals surface area (Å²) in [4.78, 5) is 14.8. The van der Waals surface area contributed by atoms with Crippen LogP contribution in [0.25, 0.3) is 0 Å². The number of nitrogens with zero attached hydrogens (tertiary/aromatic N) is 1.